The lowest BCUT2D eigenvalue weighted by Crippen LogP contribution is -2.23. The van der Waals surface area contributed by atoms with Gasteiger partial charge in [-0.1, -0.05) is 41.6 Å². The van der Waals surface area contributed by atoms with E-state index in [-0.39, 0.29) is 5.89 Å². The molecular weight excluding hydrogens is 344 g/mol. The second-order valence-electron chi connectivity index (χ2n) is 6.05. The zero-order valence-electron chi connectivity index (χ0n) is 14.7. The van der Waals surface area contributed by atoms with Gasteiger partial charge < -0.3 is 19.6 Å². The number of H-pyrrole nitrogens is 1. The molecule has 2 aromatic carbocycles. The monoisotopic (exact) mass is 362 g/mol. The third-order valence-corrected chi connectivity index (χ3v) is 4.32. The van der Waals surface area contributed by atoms with Gasteiger partial charge in [-0.3, -0.25) is 4.79 Å². The molecule has 0 atom stereocenters. The van der Waals surface area contributed by atoms with Crippen LogP contribution in [-0.4, -0.2) is 28.1 Å². The molecule has 2 N–H and O–H groups in total. The van der Waals surface area contributed by atoms with E-state index in [4.69, 9.17) is 9.26 Å². The number of aromatic amines is 1. The maximum Gasteiger partial charge on any atom is 0.315 e. The predicted octanol–water partition coefficient (Wildman–Crippen LogP) is 3.08. The van der Waals surface area contributed by atoms with Crippen molar-refractivity contribution in [1.82, 2.24) is 20.4 Å². The molecule has 0 aliphatic rings. The zero-order chi connectivity index (χ0) is 18.6. The molecule has 0 bridgehead atoms. The van der Waals surface area contributed by atoms with Crippen LogP contribution < -0.4 is 10.1 Å². The molecule has 0 spiro atoms. The highest BCUT2D eigenvalue weighted by Crippen LogP contribution is 2.20. The van der Waals surface area contributed by atoms with Gasteiger partial charge in [0.1, 0.15) is 5.75 Å². The number of methoxy groups -OCH3 is 1. The molecule has 0 radical (unpaired) electrons. The smallest absolute Gasteiger partial charge is 0.315 e. The van der Waals surface area contributed by atoms with Crippen molar-refractivity contribution in [3.63, 3.8) is 0 Å². The maximum absolute atomic E-state index is 12.3. The first-order chi connectivity index (χ1) is 13.2. The number of carbonyl (C=O) groups is 1. The molecule has 0 aliphatic carbocycles. The van der Waals surface area contributed by atoms with Gasteiger partial charge in [0.05, 0.1) is 7.11 Å². The van der Waals surface area contributed by atoms with Crippen molar-refractivity contribution in [2.45, 2.75) is 13.0 Å². The van der Waals surface area contributed by atoms with Crippen LogP contribution in [0.4, 0.5) is 0 Å². The number of hydrogen-bond donors (Lipinski definition) is 2. The Bertz CT molecular complexity index is 1080. The van der Waals surface area contributed by atoms with Gasteiger partial charge in [-0.25, -0.2) is 0 Å². The van der Waals surface area contributed by atoms with E-state index in [9.17, 15) is 4.79 Å². The van der Waals surface area contributed by atoms with E-state index in [0.717, 1.165) is 22.0 Å². The van der Waals surface area contributed by atoms with Crippen molar-refractivity contribution in [2.75, 3.05) is 7.11 Å². The molecule has 1 amide bonds. The number of rotatable bonds is 6. The molecule has 4 rings (SSSR count). The molecule has 136 valence electrons. The molecule has 2 heterocycles. The molecular formula is C20H18N4O3. The summed E-state index contributed by atoms with van der Waals surface area (Å²) in [6.07, 6.45) is 2.40. The number of hydrogen-bond acceptors (Lipinski definition) is 5. The molecule has 0 saturated carbocycles. The van der Waals surface area contributed by atoms with Crippen LogP contribution in [-0.2, 0) is 13.0 Å². The van der Waals surface area contributed by atoms with Gasteiger partial charge in [-0.2, -0.15) is 4.98 Å². The van der Waals surface area contributed by atoms with Gasteiger partial charge >= 0.3 is 11.8 Å². The maximum atomic E-state index is 12.3. The lowest BCUT2D eigenvalue weighted by Gasteiger charge is -2.07. The molecule has 4 aromatic rings. The first-order valence-electron chi connectivity index (χ1n) is 8.52. The van der Waals surface area contributed by atoms with Gasteiger partial charge in [-0.05, 0) is 17.7 Å². The number of carbonyl (C=O) groups excluding carboxylic acids is 1. The Morgan fingerprint density at radius 1 is 1.15 bits per heavy atom. The van der Waals surface area contributed by atoms with Crippen LogP contribution in [0.5, 0.6) is 5.75 Å². The minimum atomic E-state index is -0.418. The van der Waals surface area contributed by atoms with Crippen LogP contribution in [0.25, 0.3) is 10.9 Å². The van der Waals surface area contributed by atoms with Gasteiger partial charge in [-0.15, -0.1) is 0 Å². The summed E-state index contributed by atoms with van der Waals surface area (Å²) >= 11 is 0. The molecule has 7 nitrogen and oxygen atoms in total. The Balaban J connectivity index is 1.43. The Kier molecular flexibility index (Phi) is 4.57. The van der Waals surface area contributed by atoms with Crippen LogP contribution in [0.15, 0.2) is 59.3 Å². The van der Waals surface area contributed by atoms with Gasteiger partial charge in [0.2, 0.25) is 0 Å². The van der Waals surface area contributed by atoms with Crippen LogP contribution in [0.1, 0.15) is 27.6 Å². The Labute approximate surface area is 155 Å². The second-order valence-corrected chi connectivity index (χ2v) is 6.05. The minimum absolute atomic E-state index is 0.0558. The van der Waals surface area contributed by atoms with Crippen molar-refractivity contribution in [2.24, 2.45) is 0 Å². The SMILES string of the molecule is COc1ccccc1CNC(=O)c1nc(Cc2c[nH]c3ccccc23)no1. The van der Waals surface area contributed by atoms with E-state index in [1.54, 1.807) is 7.11 Å². The summed E-state index contributed by atoms with van der Waals surface area (Å²) in [6.45, 7) is 0.309. The fraction of sp³-hybridized carbons (Fsp3) is 0.150. The Hall–Kier alpha value is -3.61. The van der Waals surface area contributed by atoms with Crippen LogP contribution >= 0.6 is 0 Å². The Morgan fingerprint density at radius 2 is 1.96 bits per heavy atom. The number of aromatic nitrogens is 3. The van der Waals surface area contributed by atoms with E-state index in [1.807, 2.05) is 54.7 Å². The molecule has 0 saturated heterocycles. The number of amides is 1. The minimum Gasteiger partial charge on any atom is -0.496 e. The largest absolute Gasteiger partial charge is 0.496 e. The number of nitrogens with one attached hydrogen (secondary N) is 2. The van der Waals surface area contributed by atoms with Crippen LogP contribution in [0.2, 0.25) is 0 Å². The lowest BCUT2D eigenvalue weighted by molar-refractivity contribution is 0.0906. The first kappa shape index (κ1) is 16.8. The fourth-order valence-corrected chi connectivity index (χ4v) is 2.97. The normalized spacial score (nSPS) is 10.9. The summed E-state index contributed by atoms with van der Waals surface area (Å²) in [6, 6.07) is 15.5. The van der Waals surface area contributed by atoms with Crippen LogP contribution in [0, 0.1) is 0 Å². The van der Waals surface area contributed by atoms with Crippen molar-refractivity contribution in [1.29, 1.82) is 0 Å². The molecule has 0 aliphatic heterocycles. The summed E-state index contributed by atoms with van der Waals surface area (Å²) in [7, 11) is 1.59. The Morgan fingerprint density at radius 3 is 2.85 bits per heavy atom. The zero-order valence-corrected chi connectivity index (χ0v) is 14.7. The van der Waals surface area contributed by atoms with Crippen LogP contribution in [0.3, 0.4) is 0 Å². The van der Waals surface area contributed by atoms with E-state index < -0.39 is 5.91 Å². The number of fused-ring (bicyclic) bond motifs is 1. The van der Waals surface area contributed by atoms with E-state index in [0.29, 0.717) is 24.5 Å². The van der Waals surface area contributed by atoms with Crippen molar-refractivity contribution in [3.8, 4) is 5.75 Å². The highest BCUT2D eigenvalue weighted by Gasteiger charge is 2.16. The lowest BCUT2D eigenvalue weighted by atomic mass is 10.1. The third-order valence-electron chi connectivity index (χ3n) is 4.32. The van der Waals surface area contributed by atoms with E-state index >= 15 is 0 Å². The highest BCUT2D eigenvalue weighted by molar-refractivity contribution is 5.89. The molecule has 0 fully saturated rings. The number of benzene rings is 2. The molecule has 7 heteroatoms. The predicted molar refractivity (Wildman–Crippen MR) is 99.6 cm³/mol. The topological polar surface area (TPSA) is 93.0 Å². The van der Waals surface area contributed by atoms with Crippen molar-refractivity contribution in [3.05, 3.63) is 77.6 Å². The molecule has 27 heavy (non-hydrogen) atoms. The number of para-hydroxylation sites is 2. The third kappa shape index (κ3) is 3.52. The van der Waals surface area contributed by atoms with Crippen molar-refractivity contribution < 1.29 is 14.1 Å². The number of ether oxygens (including phenoxy) is 1. The summed E-state index contributed by atoms with van der Waals surface area (Å²) in [5.74, 6) is 0.698. The summed E-state index contributed by atoms with van der Waals surface area (Å²) < 4.78 is 10.4. The summed E-state index contributed by atoms with van der Waals surface area (Å²) in [4.78, 5) is 19.7. The van der Waals surface area contributed by atoms with Gasteiger partial charge in [0.15, 0.2) is 5.82 Å². The highest BCUT2D eigenvalue weighted by atomic mass is 16.5. The average Bonchev–Trinajstić information content (AvgIpc) is 3.34. The average molecular weight is 362 g/mol. The molecule has 2 aromatic heterocycles. The summed E-state index contributed by atoms with van der Waals surface area (Å²) in [5, 5.41) is 7.79. The van der Waals surface area contributed by atoms with E-state index in [1.165, 1.54) is 0 Å². The first-order valence-corrected chi connectivity index (χ1v) is 8.52. The standard InChI is InChI=1S/C20H18N4O3/c1-26-17-9-5-2-6-13(17)11-22-19(25)20-23-18(24-27-20)10-14-12-21-16-8-4-3-7-15(14)16/h2-9,12,21H,10-11H2,1H3,(H,22,25). The van der Waals surface area contributed by atoms with Gasteiger partial charge in [0, 0.05) is 35.6 Å². The summed E-state index contributed by atoms with van der Waals surface area (Å²) in [5.41, 5.74) is 2.96. The van der Waals surface area contributed by atoms with E-state index in [2.05, 4.69) is 20.4 Å². The molecule has 0 unspecified atom stereocenters. The van der Waals surface area contributed by atoms with Gasteiger partial charge in [0.25, 0.3) is 0 Å². The second kappa shape index (κ2) is 7.33. The number of nitrogens with zero attached hydrogens (tertiary/aromatic N) is 2. The fourth-order valence-electron chi connectivity index (χ4n) is 2.97. The van der Waals surface area contributed by atoms with Crippen molar-refractivity contribution >= 4 is 16.8 Å². The quantitative estimate of drug-likeness (QED) is 0.550.